The number of likely N-dealkylation sites (tertiary alicyclic amines) is 1. The van der Waals surface area contributed by atoms with E-state index in [4.69, 9.17) is 11.6 Å². The van der Waals surface area contributed by atoms with Gasteiger partial charge in [0.05, 0.1) is 6.67 Å². The van der Waals surface area contributed by atoms with Gasteiger partial charge in [0.1, 0.15) is 0 Å². The van der Waals surface area contributed by atoms with Gasteiger partial charge >= 0.3 is 0 Å². The summed E-state index contributed by atoms with van der Waals surface area (Å²) >= 11 is 6.69. The molecule has 37 heavy (non-hydrogen) atoms. The lowest BCUT2D eigenvalue weighted by molar-refractivity contribution is 0.0968. The second-order valence-corrected chi connectivity index (χ2v) is 10.7. The first-order valence-electron chi connectivity index (χ1n) is 12.9. The van der Waals surface area contributed by atoms with E-state index in [1.54, 1.807) is 0 Å². The molecule has 0 saturated carbocycles. The van der Waals surface area contributed by atoms with Gasteiger partial charge in [0.2, 0.25) is 0 Å². The molecule has 0 unspecified atom stereocenters. The van der Waals surface area contributed by atoms with Crippen molar-refractivity contribution in [1.29, 1.82) is 0 Å². The molecule has 1 saturated heterocycles. The summed E-state index contributed by atoms with van der Waals surface area (Å²) < 4.78 is 42.1. The van der Waals surface area contributed by atoms with E-state index in [-0.39, 0.29) is 6.67 Å². The molecule has 0 spiro atoms. The highest BCUT2D eigenvalue weighted by atomic mass is 35.5. The lowest BCUT2D eigenvalue weighted by Gasteiger charge is -2.39. The number of hydrogen-bond donors (Lipinski definition) is 1. The van der Waals surface area contributed by atoms with Gasteiger partial charge in [-0.25, -0.2) is 8.78 Å². The van der Waals surface area contributed by atoms with Crippen molar-refractivity contribution in [3.05, 3.63) is 98.6 Å². The third kappa shape index (κ3) is 5.30. The number of rotatable bonds is 7. The van der Waals surface area contributed by atoms with Gasteiger partial charge in [0.15, 0.2) is 17.4 Å². The first-order chi connectivity index (χ1) is 17.9. The van der Waals surface area contributed by atoms with Crippen LogP contribution in [0.2, 0.25) is 5.02 Å². The number of nitrogens with zero attached hydrogens (tertiary/aromatic N) is 1. The van der Waals surface area contributed by atoms with Crippen molar-refractivity contribution in [2.24, 2.45) is 5.92 Å². The Morgan fingerprint density at radius 1 is 1.00 bits per heavy atom. The minimum Gasteiger partial charge on any atom is -0.503 e. The minimum absolute atomic E-state index is 0.273. The van der Waals surface area contributed by atoms with Crippen LogP contribution in [0.3, 0.4) is 0 Å². The Morgan fingerprint density at radius 2 is 1.76 bits per heavy atom. The number of alkyl halides is 1. The predicted molar refractivity (Wildman–Crippen MR) is 144 cm³/mol. The molecule has 3 aromatic rings. The van der Waals surface area contributed by atoms with E-state index in [9.17, 15) is 13.9 Å². The highest BCUT2D eigenvalue weighted by molar-refractivity contribution is 6.32. The Bertz CT molecular complexity index is 1330. The molecule has 3 aromatic carbocycles. The fraction of sp³-hybridized carbons (Fsp3) is 0.355. The summed E-state index contributed by atoms with van der Waals surface area (Å²) in [5.74, 6) is -2.23. The summed E-state index contributed by atoms with van der Waals surface area (Å²) in [6.07, 6.45) is 3.22. The number of aromatic hydroxyl groups is 1. The zero-order chi connectivity index (χ0) is 26.1. The minimum atomic E-state index is -0.969. The Hall–Kier alpha value is -2.76. The molecule has 1 fully saturated rings. The Kier molecular flexibility index (Phi) is 7.64. The first-order valence-corrected chi connectivity index (χ1v) is 13.3. The second kappa shape index (κ2) is 10.9. The van der Waals surface area contributed by atoms with Crippen molar-refractivity contribution in [1.82, 2.24) is 4.90 Å². The lowest BCUT2D eigenvalue weighted by Crippen LogP contribution is -2.47. The fourth-order valence-electron chi connectivity index (χ4n) is 5.72. The van der Waals surface area contributed by atoms with Crippen LogP contribution in [-0.4, -0.2) is 36.3 Å². The molecule has 0 aromatic heterocycles. The van der Waals surface area contributed by atoms with Crippen LogP contribution in [0, 0.1) is 24.5 Å². The number of aryl methyl sites for hydroxylation is 1. The van der Waals surface area contributed by atoms with E-state index in [1.165, 1.54) is 11.6 Å². The van der Waals surface area contributed by atoms with Crippen molar-refractivity contribution < 1.29 is 18.3 Å². The summed E-state index contributed by atoms with van der Waals surface area (Å²) in [6, 6.07) is 15.3. The van der Waals surface area contributed by atoms with Crippen LogP contribution >= 0.6 is 11.6 Å². The monoisotopic (exact) mass is 525 g/mol. The van der Waals surface area contributed by atoms with E-state index in [0.717, 1.165) is 53.9 Å². The molecule has 0 atom stereocenters. The zero-order valence-electron chi connectivity index (χ0n) is 21.0. The average molecular weight is 526 g/mol. The smallest absolute Gasteiger partial charge is 0.188 e. The van der Waals surface area contributed by atoms with Gasteiger partial charge in [0, 0.05) is 24.7 Å². The maximum atomic E-state index is 15.1. The van der Waals surface area contributed by atoms with Crippen molar-refractivity contribution in [3.8, 4) is 5.75 Å². The van der Waals surface area contributed by atoms with Crippen LogP contribution in [0.4, 0.5) is 13.2 Å². The SMILES string of the molecule is Cc1ccc(C2=C(c3ccc(CC4CN(CCCF)C4)cc3)c3cc(F)c(O)c(F)c3CCC2)c(Cl)c1. The predicted octanol–water partition coefficient (Wildman–Crippen LogP) is 7.76. The molecule has 6 heteroatoms. The van der Waals surface area contributed by atoms with Gasteiger partial charge in [-0.15, -0.1) is 0 Å². The molecule has 2 nitrogen and oxygen atoms in total. The first kappa shape index (κ1) is 25.9. The summed E-state index contributed by atoms with van der Waals surface area (Å²) in [5, 5.41) is 10.6. The van der Waals surface area contributed by atoms with Crippen molar-refractivity contribution in [3.63, 3.8) is 0 Å². The van der Waals surface area contributed by atoms with Gasteiger partial charge in [0.25, 0.3) is 0 Å². The zero-order valence-corrected chi connectivity index (χ0v) is 21.7. The Labute approximate surface area is 221 Å². The molecule has 1 aliphatic carbocycles. The molecule has 1 aliphatic heterocycles. The van der Waals surface area contributed by atoms with E-state index >= 15 is 4.39 Å². The lowest BCUT2D eigenvalue weighted by atomic mass is 9.86. The number of hydrogen-bond acceptors (Lipinski definition) is 2. The summed E-state index contributed by atoms with van der Waals surface area (Å²) in [4.78, 5) is 2.28. The van der Waals surface area contributed by atoms with Gasteiger partial charge in [-0.1, -0.05) is 48.0 Å². The van der Waals surface area contributed by atoms with E-state index < -0.39 is 17.4 Å². The van der Waals surface area contributed by atoms with Crippen LogP contribution in [0.25, 0.3) is 11.1 Å². The maximum Gasteiger partial charge on any atom is 0.188 e. The van der Waals surface area contributed by atoms with Crippen molar-refractivity contribution in [2.45, 2.75) is 39.0 Å². The molecular weight excluding hydrogens is 495 g/mol. The fourth-order valence-corrected chi connectivity index (χ4v) is 6.07. The van der Waals surface area contributed by atoms with Gasteiger partial charge in [-0.2, -0.15) is 0 Å². The average Bonchev–Trinajstić information content (AvgIpc) is 3.04. The summed E-state index contributed by atoms with van der Waals surface area (Å²) in [5.41, 5.74) is 6.46. The van der Waals surface area contributed by atoms with Crippen LogP contribution in [0.15, 0.2) is 48.5 Å². The molecule has 194 valence electrons. The molecule has 1 heterocycles. The molecule has 5 rings (SSSR count). The second-order valence-electron chi connectivity index (χ2n) is 10.3. The number of fused-ring (bicyclic) bond motifs is 1. The van der Waals surface area contributed by atoms with Gasteiger partial charge in [-0.05, 0) is 102 Å². The normalized spacial score (nSPS) is 16.5. The maximum absolute atomic E-state index is 15.1. The number of halogens is 4. The summed E-state index contributed by atoms with van der Waals surface area (Å²) in [6.45, 7) is 4.48. The highest BCUT2D eigenvalue weighted by Crippen LogP contribution is 2.44. The van der Waals surface area contributed by atoms with Gasteiger partial charge < -0.3 is 10.0 Å². The summed E-state index contributed by atoms with van der Waals surface area (Å²) in [7, 11) is 0. The number of phenolic OH excluding ortho intramolecular Hbond substituents is 1. The van der Waals surface area contributed by atoms with Crippen LogP contribution in [0.1, 0.15) is 52.6 Å². The van der Waals surface area contributed by atoms with E-state index in [1.807, 2.05) is 37.3 Å². The van der Waals surface area contributed by atoms with E-state index in [2.05, 4.69) is 17.0 Å². The topological polar surface area (TPSA) is 23.5 Å². The number of phenols is 1. The van der Waals surface area contributed by atoms with E-state index in [0.29, 0.717) is 47.8 Å². The number of allylic oxidation sites excluding steroid dienone is 1. The molecular formula is C31H31ClF3NO. The third-order valence-corrected chi connectivity index (χ3v) is 7.89. The highest BCUT2D eigenvalue weighted by Gasteiger charge is 2.28. The quantitative estimate of drug-likeness (QED) is 0.341. The Morgan fingerprint density at radius 3 is 2.46 bits per heavy atom. The standard InChI is InChI=1S/C31H31ClF3NO/c1-19-6-11-23(27(32)14-19)24-4-2-5-25-26(16-28(34)31(37)30(25)35)29(24)22-9-7-20(8-10-22)15-21-17-36(18-21)13-3-12-33/h6-11,14,16,21,37H,2-5,12-13,15,17-18H2,1H3. The number of benzene rings is 3. The molecule has 1 N–H and O–H groups in total. The van der Waals surface area contributed by atoms with Crippen molar-refractivity contribution in [2.75, 3.05) is 26.3 Å². The van der Waals surface area contributed by atoms with Crippen LogP contribution < -0.4 is 0 Å². The molecule has 2 aliphatic rings. The Balaban J connectivity index is 1.54. The largest absolute Gasteiger partial charge is 0.503 e. The van der Waals surface area contributed by atoms with Crippen molar-refractivity contribution >= 4 is 22.7 Å². The molecule has 0 amide bonds. The molecule has 0 radical (unpaired) electrons. The van der Waals surface area contributed by atoms with Crippen LogP contribution in [-0.2, 0) is 12.8 Å². The molecule has 0 bridgehead atoms. The van der Waals surface area contributed by atoms with Gasteiger partial charge in [-0.3, -0.25) is 4.39 Å². The third-order valence-electron chi connectivity index (χ3n) is 7.58. The van der Waals surface area contributed by atoms with Crippen LogP contribution in [0.5, 0.6) is 5.75 Å².